The van der Waals surface area contributed by atoms with Crippen LogP contribution in [0.2, 0.25) is 5.02 Å². The molecule has 0 saturated heterocycles. The minimum absolute atomic E-state index is 0.138. The summed E-state index contributed by atoms with van der Waals surface area (Å²) in [5, 5.41) is 3.74. The molecule has 0 fully saturated rings. The summed E-state index contributed by atoms with van der Waals surface area (Å²) in [5.74, 6) is -0.790. The second-order valence-electron chi connectivity index (χ2n) is 4.75. The van der Waals surface area contributed by atoms with Gasteiger partial charge in [0.1, 0.15) is 5.82 Å². The Morgan fingerprint density at radius 3 is 2.86 bits per heavy atom. The van der Waals surface area contributed by atoms with Crippen LogP contribution >= 0.6 is 22.9 Å². The van der Waals surface area contributed by atoms with E-state index < -0.39 is 5.82 Å². The number of amides is 1. The molecule has 0 atom stereocenters. The number of aryl methyl sites for hydroxylation is 1. The van der Waals surface area contributed by atoms with Gasteiger partial charge in [-0.15, -0.1) is 11.3 Å². The summed E-state index contributed by atoms with van der Waals surface area (Å²) in [5.41, 5.74) is 1.07. The number of carbonyl (C=O) groups is 1. The van der Waals surface area contributed by atoms with Crippen LogP contribution in [0.5, 0.6) is 0 Å². The average molecular weight is 335 g/mol. The maximum absolute atomic E-state index is 13.6. The molecule has 6 heteroatoms. The number of carbonyl (C=O) groups excluding carboxylic acids is 1. The van der Waals surface area contributed by atoms with E-state index in [1.165, 1.54) is 18.2 Å². The second-order valence-corrected chi connectivity index (χ2v) is 6.30. The van der Waals surface area contributed by atoms with Gasteiger partial charge in [0.25, 0.3) is 0 Å². The Morgan fingerprint density at radius 1 is 1.27 bits per heavy atom. The lowest BCUT2D eigenvalue weighted by atomic mass is 10.2. The molecule has 1 N–H and O–H groups in total. The van der Waals surface area contributed by atoms with Crippen LogP contribution in [-0.4, -0.2) is 10.9 Å². The van der Waals surface area contributed by atoms with Crippen molar-refractivity contribution in [1.82, 2.24) is 4.98 Å². The molecule has 3 aromatic rings. The summed E-state index contributed by atoms with van der Waals surface area (Å²) in [6.45, 7) is 0. The number of para-hydroxylation sites is 1. The van der Waals surface area contributed by atoms with Gasteiger partial charge in [0.05, 0.1) is 20.9 Å². The van der Waals surface area contributed by atoms with Gasteiger partial charge >= 0.3 is 0 Å². The van der Waals surface area contributed by atoms with Crippen LogP contribution in [0.25, 0.3) is 10.2 Å². The Balaban J connectivity index is 1.62. The first-order chi connectivity index (χ1) is 10.6. The Hall–Kier alpha value is -1.98. The molecule has 112 valence electrons. The van der Waals surface area contributed by atoms with Gasteiger partial charge in [-0.2, -0.15) is 0 Å². The lowest BCUT2D eigenvalue weighted by Crippen LogP contribution is -2.13. The van der Waals surface area contributed by atoms with Crippen molar-refractivity contribution in [3.05, 3.63) is 58.3 Å². The summed E-state index contributed by atoms with van der Waals surface area (Å²) in [6.07, 6.45) is 0.780. The van der Waals surface area contributed by atoms with Crippen molar-refractivity contribution < 1.29 is 9.18 Å². The third kappa shape index (κ3) is 3.43. The fourth-order valence-electron chi connectivity index (χ4n) is 2.05. The minimum atomic E-state index is -0.541. The first-order valence-corrected chi connectivity index (χ1v) is 7.90. The molecular formula is C16H12ClFN2OS. The first kappa shape index (κ1) is 14.9. The molecule has 0 radical (unpaired) electrons. The first-order valence-electron chi connectivity index (χ1n) is 6.71. The van der Waals surface area contributed by atoms with E-state index in [0.29, 0.717) is 11.4 Å². The molecule has 1 aromatic heterocycles. The van der Waals surface area contributed by atoms with Gasteiger partial charge in [0.15, 0.2) is 0 Å². The van der Waals surface area contributed by atoms with E-state index in [9.17, 15) is 9.18 Å². The lowest BCUT2D eigenvalue weighted by Gasteiger charge is -2.05. The van der Waals surface area contributed by atoms with Crippen molar-refractivity contribution >= 4 is 44.7 Å². The minimum Gasteiger partial charge on any atom is -0.324 e. The van der Waals surface area contributed by atoms with Gasteiger partial charge in [0.2, 0.25) is 5.91 Å². The number of hydrogen-bond acceptors (Lipinski definition) is 3. The zero-order chi connectivity index (χ0) is 15.5. The van der Waals surface area contributed by atoms with Crippen LogP contribution in [0.4, 0.5) is 10.1 Å². The quantitative estimate of drug-likeness (QED) is 0.754. The molecule has 3 nitrogen and oxygen atoms in total. The zero-order valence-electron chi connectivity index (χ0n) is 11.5. The zero-order valence-corrected chi connectivity index (χ0v) is 13.0. The number of thiazole rings is 1. The molecule has 0 saturated carbocycles. The number of halogens is 2. The molecule has 0 spiro atoms. The number of nitrogens with zero attached hydrogens (tertiary/aromatic N) is 1. The molecule has 1 amide bonds. The Bertz CT molecular complexity index is 801. The molecular weight excluding hydrogens is 323 g/mol. The van der Waals surface area contributed by atoms with E-state index in [0.717, 1.165) is 15.2 Å². The van der Waals surface area contributed by atoms with Crippen LogP contribution in [0.3, 0.4) is 0 Å². The summed E-state index contributed by atoms with van der Waals surface area (Å²) in [4.78, 5) is 16.4. The van der Waals surface area contributed by atoms with Gasteiger partial charge in [-0.1, -0.05) is 23.7 Å². The number of benzene rings is 2. The van der Waals surface area contributed by atoms with Crippen molar-refractivity contribution in [2.75, 3.05) is 5.32 Å². The largest absolute Gasteiger partial charge is 0.324 e. The van der Waals surface area contributed by atoms with E-state index >= 15 is 0 Å². The third-order valence-electron chi connectivity index (χ3n) is 3.11. The maximum atomic E-state index is 13.6. The summed E-state index contributed by atoms with van der Waals surface area (Å²) < 4.78 is 14.7. The molecule has 0 unspecified atom stereocenters. The predicted molar refractivity (Wildman–Crippen MR) is 88.0 cm³/mol. The molecule has 1 heterocycles. The fourth-order valence-corrected chi connectivity index (χ4v) is 3.18. The molecule has 0 aliphatic heterocycles. The predicted octanol–water partition coefficient (Wildman–Crippen LogP) is 4.66. The third-order valence-corrected chi connectivity index (χ3v) is 4.44. The van der Waals surface area contributed by atoms with E-state index in [-0.39, 0.29) is 18.0 Å². The van der Waals surface area contributed by atoms with Gasteiger partial charge in [-0.3, -0.25) is 4.79 Å². The molecule has 0 aliphatic carbocycles. The van der Waals surface area contributed by atoms with Crippen molar-refractivity contribution in [1.29, 1.82) is 0 Å². The molecule has 2 aromatic carbocycles. The molecule has 0 bridgehead atoms. The van der Waals surface area contributed by atoms with Crippen molar-refractivity contribution in [3.63, 3.8) is 0 Å². The van der Waals surface area contributed by atoms with Gasteiger partial charge in [-0.05, 0) is 30.3 Å². The van der Waals surface area contributed by atoms with Crippen LogP contribution in [0.15, 0.2) is 42.5 Å². The molecule has 22 heavy (non-hydrogen) atoms. The number of anilines is 1. The van der Waals surface area contributed by atoms with Gasteiger partial charge < -0.3 is 5.32 Å². The number of nitrogens with one attached hydrogen (secondary N) is 1. The fraction of sp³-hybridized carbons (Fsp3) is 0.125. The summed E-state index contributed by atoms with van der Waals surface area (Å²) in [7, 11) is 0. The summed E-state index contributed by atoms with van der Waals surface area (Å²) in [6, 6.07) is 12.0. The van der Waals surface area contributed by atoms with E-state index in [1.54, 1.807) is 11.3 Å². The van der Waals surface area contributed by atoms with Crippen molar-refractivity contribution in [2.45, 2.75) is 12.8 Å². The molecule has 0 aliphatic rings. The second kappa shape index (κ2) is 6.42. The van der Waals surface area contributed by atoms with Crippen LogP contribution in [-0.2, 0) is 11.2 Å². The monoisotopic (exact) mass is 334 g/mol. The van der Waals surface area contributed by atoms with Gasteiger partial charge in [-0.25, -0.2) is 9.37 Å². The van der Waals surface area contributed by atoms with E-state index in [2.05, 4.69) is 10.3 Å². The Kier molecular flexibility index (Phi) is 4.36. The summed E-state index contributed by atoms with van der Waals surface area (Å²) >= 11 is 7.24. The van der Waals surface area contributed by atoms with Gasteiger partial charge in [0, 0.05) is 17.9 Å². The Morgan fingerprint density at radius 2 is 2.09 bits per heavy atom. The number of hydrogen-bond donors (Lipinski definition) is 1. The van der Waals surface area contributed by atoms with E-state index in [1.807, 2.05) is 24.3 Å². The highest BCUT2D eigenvalue weighted by molar-refractivity contribution is 7.18. The number of rotatable bonds is 4. The Labute approximate surface area is 135 Å². The number of aromatic nitrogens is 1. The normalized spacial score (nSPS) is 10.8. The van der Waals surface area contributed by atoms with Crippen molar-refractivity contribution in [3.8, 4) is 0 Å². The maximum Gasteiger partial charge on any atom is 0.224 e. The standard InChI is InChI=1S/C16H12ClFN2OS/c17-10-5-6-12(11(18)9-10)19-15(21)7-8-16-20-13-3-1-2-4-14(13)22-16/h1-6,9H,7-8H2,(H,19,21). The van der Waals surface area contributed by atoms with Crippen molar-refractivity contribution in [2.24, 2.45) is 0 Å². The SMILES string of the molecule is O=C(CCc1nc2ccccc2s1)Nc1ccc(Cl)cc1F. The molecule has 3 rings (SSSR count). The van der Waals surface area contributed by atoms with Crippen LogP contribution in [0.1, 0.15) is 11.4 Å². The highest BCUT2D eigenvalue weighted by atomic mass is 35.5. The van der Waals surface area contributed by atoms with Crippen LogP contribution < -0.4 is 5.32 Å². The van der Waals surface area contributed by atoms with E-state index in [4.69, 9.17) is 11.6 Å². The number of fused-ring (bicyclic) bond motifs is 1. The highest BCUT2D eigenvalue weighted by Gasteiger charge is 2.09. The smallest absolute Gasteiger partial charge is 0.224 e. The topological polar surface area (TPSA) is 42.0 Å². The van der Waals surface area contributed by atoms with Crippen LogP contribution in [0, 0.1) is 5.82 Å². The average Bonchev–Trinajstić information content (AvgIpc) is 2.91. The highest BCUT2D eigenvalue weighted by Crippen LogP contribution is 2.23. The lowest BCUT2D eigenvalue weighted by molar-refractivity contribution is -0.116.